The number of hydrogen-bond acceptors (Lipinski definition) is 4. The molecule has 3 nitrogen and oxygen atoms in total. The first-order valence-electron chi connectivity index (χ1n) is 5.49. The minimum absolute atomic E-state index is 0.0845. The first-order valence-corrected chi connectivity index (χ1v) is 5.71. The monoisotopic (exact) mass is 229 g/mol. The number of thioether (sulfide) groups is 1. The van der Waals surface area contributed by atoms with Gasteiger partial charge in [0.05, 0.1) is 19.1 Å². The summed E-state index contributed by atoms with van der Waals surface area (Å²) in [5.41, 5.74) is 6.09. The van der Waals surface area contributed by atoms with Crippen LogP contribution in [0.15, 0.2) is 17.0 Å². The standard InChI is InChI=1S/C11H17NO2S/c1-13-9-7-11(15-3)10(14-2)6-8(9)4-5-12/h6-7H,4-5,12H2,1-3H3/i5D2. The zero-order valence-corrected chi connectivity index (χ0v) is 9.98. The molecule has 15 heavy (non-hydrogen) atoms. The lowest BCUT2D eigenvalue weighted by Crippen LogP contribution is -2.05. The molecule has 0 atom stereocenters. The first kappa shape index (κ1) is 9.36. The lowest BCUT2D eigenvalue weighted by Gasteiger charge is -2.13. The molecule has 0 heterocycles. The summed E-state index contributed by atoms with van der Waals surface area (Å²) in [6, 6.07) is 3.61. The number of nitrogens with two attached hydrogens (primary N) is 1. The van der Waals surface area contributed by atoms with E-state index in [4.69, 9.17) is 17.9 Å². The molecule has 0 saturated carbocycles. The maximum atomic E-state index is 7.41. The van der Waals surface area contributed by atoms with E-state index in [1.165, 1.54) is 0 Å². The van der Waals surface area contributed by atoms with Gasteiger partial charge >= 0.3 is 0 Å². The summed E-state index contributed by atoms with van der Waals surface area (Å²) < 4.78 is 25.3. The van der Waals surface area contributed by atoms with E-state index in [2.05, 4.69) is 0 Å². The van der Waals surface area contributed by atoms with Crippen LogP contribution in [0.4, 0.5) is 0 Å². The van der Waals surface area contributed by atoms with Crippen LogP contribution in [0.25, 0.3) is 0 Å². The van der Waals surface area contributed by atoms with Crippen LogP contribution in [0, 0.1) is 0 Å². The molecule has 0 aromatic heterocycles. The van der Waals surface area contributed by atoms with Crippen molar-refractivity contribution in [3.05, 3.63) is 17.7 Å². The molecule has 0 radical (unpaired) electrons. The summed E-state index contributed by atoms with van der Waals surface area (Å²) in [4.78, 5) is 0.950. The molecule has 0 spiro atoms. The topological polar surface area (TPSA) is 44.5 Å². The number of benzene rings is 1. The van der Waals surface area contributed by atoms with Crippen molar-refractivity contribution >= 4 is 11.8 Å². The van der Waals surface area contributed by atoms with Crippen LogP contribution in [0.5, 0.6) is 11.5 Å². The van der Waals surface area contributed by atoms with Crippen LogP contribution in [-0.2, 0) is 6.42 Å². The predicted octanol–water partition coefficient (Wildman–Crippen LogP) is 1.93. The Morgan fingerprint density at radius 2 is 2.00 bits per heavy atom. The molecule has 0 aliphatic rings. The molecule has 2 N–H and O–H groups in total. The highest BCUT2D eigenvalue weighted by Crippen LogP contribution is 2.34. The Balaban J connectivity index is 3.19. The smallest absolute Gasteiger partial charge is 0.132 e. The minimum atomic E-state index is -1.76. The highest BCUT2D eigenvalue weighted by atomic mass is 32.2. The zero-order valence-electron chi connectivity index (χ0n) is 11.2. The van der Waals surface area contributed by atoms with Gasteiger partial charge in [-0.15, -0.1) is 11.8 Å². The van der Waals surface area contributed by atoms with Gasteiger partial charge in [-0.1, -0.05) is 0 Å². The van der Waals surface area contributed by atoms with Crippen molar-refractivity contribution in [2.24, 2.45) is 5.73 Å². The SMILES string of the molecule is [2H]C([2H])(N)Cc1cc(OC)c(SC)cc1OC. The highest BCUT2D eigenvalue weighted by molar-refractivity contribution is 7.98. The lowest BCUT2D eigenvalue weighted by atomic mass is 10.1. The largest absolute Gasteiger partial charge is 0.496 e. The minimum Gasteiger partial charge on any atom is -0.496 e. The Hall–Kier alpha value is -0.870. The third kappa shape index (κ3) is 2.79. The Morgan fingerprint density at radius 1 is 1.33 bits per heavy atom. The summed E-state index contributed by atoms with van der Waals surface area (Å²) in [5.74, 6) is 1.34. The zero-order chi connectivity index (χ0) is 13.1. The maximum absolute atomic E-state index is 7.41. The van der Waals surface area contributed by atoms with Gasteiger partial charge in [0.15, 0.2) is 0 Å². The van der Waals surface area contributed by atoms with Gasteiger partial charge in [-0.2, -0.15) is 0 Å². The summed E-state index contributed by atoms with van der Waals surface area (Å²) in [6.45, 7) is -1.76. The van der Waals surface area contributed by atoms with Crippen molar-refractivity contribution < 1.29 is 12.2 Å². The molecule has 1 aromatic rings. The number of methoxy groups -OCH3 is 2. The van der Waals surface area contributed by atoms with Gasteiger partial charge in [0.1, 0.15) is 11.5 Å². The molecule has 0 amide bonds. The van der Waals surface area contributed by atoms with E-state index in [1.807, 2.05) is 12.3 Å². The quantitative estimate of drug-likeness (QED) is 0.784. The molecule has 0 aliphatic heterocycles. The van der Waals surface area contributed by atoms with E-state index in [0.717, 1.165) is 4.90 Å². The molecular weight excluding hydrogens is 210 g/mol. The van der Waals surface area contributed by atoms with Gasteiger partial charge in [-0.25, -0.2) is 0 Å². The summed E-state index contributed by atoms with van der Waals surface area (Å²) in [7, 11) is 3.14. The fourth-order valence-corrected chi connectivity index (χ4v) is 1.91. The average Bonchev–Trinajstić information content (AvgIpc) is 2.26. The Labute approximate surface area is 97.8 Å². The third-order valence-electron chi connectivity index (χ3n) is 2.08. The molecule has 0 saturated heterocycles. The van der Waals surface area contributed by atoms with Crippen molar-refractivity contribution in [2.45, 2.75) is 11.3 Å². The molecule has 0 fully saturated rings. The number of hydrogen-bond donors (Lipinski definition) is 1. The van der Waals surface area contributed by atoms with Gasteiger partial charge in [0.25, 0.3) is 0 Å². The van der Waals surface area contributed by atoms with E-state index >= 15 is 0 Å². The van der Waals surface area contributed by atoms with Crippen LogP contribution >= 0.6 is 11.8 Å². The number of aryl methyl sites for hydroxylation is 1. The van der Waals surface area contributed by atoms with Crippen molar-refractivity contribution in [1.82, 2.24) is 0 Å². The van der Waals surface area contributed by atoms with Gasteiger partial charge in [0.2, 0.25) is 0 Å². The molecular formula is C11H17NO2S. The van der Waals surface area contributed by atoms with E-state index in [0.29, 0.717) is 17.1 Å². The molecule has 1 aromatic carbocycles. The van der Waals surface area contributed by atoms with E-state index in [1.54, 1.807) is 32.0 Å². The molecule has 4 heteroatoms. The predicted molar refractivity (Wildman–Crippen MR) is 64.1 cm³/mol. The van der Waals surface area contributed by atoms with E-state index in [9.17, 15) is 0 Å². The second-order valence-corrected chi connectivity index (χ2v) is 3.75. The maximum Gasteiger partial charge on any atom is 0.132 e. The fourth-order valence-electron chi connectivity index (χ4n) is 1.34. The number of rotatable bonds is 5. The molecule has 84 valence electrons. The first-order chi connectivity index (χ1) is 7.91. The van der Waals surface area contributed by atoms with Crippen molar-refractivity contribution in [3.8, 4) is 11.5 Å². The van der Waals surface area contributed by atoms with Gasteiger partial charge in [-0.05, 0) is 36.9 Å². The van der Waals surface area contributed by atoms with Gasteiger partial charge in [0, 0.05) is 2.74 Å². The van der Waals surface area contributed by atoms with Crippen LogP contribution in [0.3, 0.4) is 0 Å². The second kappa shape index (κ2) is 5.88. The summed E-state index contributed by atoms with van der Waals surface area (Å²) >= 11 is 1.55. The molecule has 0 unspecified atom stereocenters. The Kier molecular flexibility index (Phi) is 3.67. The van der Waals surface area contributed by atoms with Crippen molar-refractivity contribution in [1.29, 1.82) is 0 Å². The fraction of sp³-hybridized carbons (Fsp3) is 0.455. The molecule has 1 rings (SSSR count). The number of ether oxygens (including phenoxy) is 2. The second-order valence-electron chi connectivity index (χ2n) is 2.90. The Bertz CT molecular complexity index is 394. The van der Waals surface area contributed by atoms with Gasteiger partial charge in [-0.3, -0.25) is 0 Å². The van der Waals surface area contributed by atoms with E-state index < -0.39 is 6.50 Å². The molecule has 0 bridgehead atoms. The highest BCUT2D eigenvalue weighted by Gasteiger charge is 2.09. The van der Waals surface area contributed by atoms with Crippen LogP contribution in [-0.4, -0.2) is 27.0 Å². The van der Waals surface area contributed by atoms with Crippen molar-refractivity contribution in [3.63, 3.8) is 0 Å². The van der Waals surface area contributed by atoms with E-state index in [-0.39, 0.29) is 6.42 Å². The van der Waals surface area contributed by atoms with Crippen LogP contribution < -0.4 is 15.2 Å². The Morgan fingerprint density at radius 3 is 2.47 bits per heavy atom. The lowest BCUT2D eigenvalue weighted by molar-refractivity contribution is 0.390. The third-order valence-corrected chi connectivity index (χ3v) is 2.84. The normalized spacial score (nSPS) is 13.1. The van der Waals surface area contributed by atoms with Crippen LogP contribution in [0.1, 0.15) is 8.30 Å². The summed E-state index contributed by atoms with van der Waals surface area (Å²) in [5, 5.41) is 0. The molecule has 0 aliphatic carbocycles. The van der Waals surface area contributed by atoms with Gasteiger partial charge < -0.3 is 15.2 Å². The van der Waals surface area contributed by atoms with Crippen molar-refractivity contribution in [2.75, 3.05) is 27.0 Å². The average molecular weight is 229 g/mol. The van der Waals surface area contributed by atoms with Crippen LogP contribution in [0.2, 0.25) is 0 Å². The summed E-state index contributed by atoms with van der Waals surface area (Å²) in [6.07, 6.45) is 2.03.